The van der Waals surface area contributed by atoms with Crippen LogP contribution in [-0.2, 0) is 16.0 Å². The summed E-state index contributed by atoms with van der Waals surface area (Å²) in [6, 6.07) is 0. The first-order chi connectivity index (χ1) is 4.79. The van der Waals surface area contributed by atoms with Gasteiger partial charge in [-0.1, -0.05) is 0 Å². The Morgan fingerprint density at radius 3 is 2.60 bits per heavy atom. The third-order valence-corrected chi connectivity index (χ3v) is 1.63. The van der Waals surface area contributed by atoms with E-state index in [2.05, 4.69) is 4.83 Å². The van der Waals surface area contributed by atoms with E-state index >= 15 is 0 Å². The molecule has 0 saturated carbocycles. The maximum absolute atomic E-state index is 10.2. The van der Waals surface area contributed by atoms with Crippen LogP contribution in [0.2, 0.25) is 0 Å². The van der Waals surface area contributed by atoms with Crippen molar-refractivity contribution in [2.75, 3.05) is 26.3 Å². The van der Waals surface area contributed by atoms with Gasteiger partial charge in [0.1, 0.15) is 0 Å². The van der Waals surface area contributed by atoms with Crippen LogP contribution in [0, 0.1) is 0 Å². The molecule has 0 bridgehead atoms. The summed E-state index contributed by atoms with van der Waals surface area (Å²) >= 11 is -1.94. The van der Waals surface area contributed by atoms with Crippen LogP contribution in [0.4, 0.5) is 0 Å². The topological polar surface area (TPSA) is 61.8 Å². The van der Waals surface area contributed by atoms with Gasteiger partial charge in [0.05, 0.1) is 13.2 Å². The molecule has 0 aromatic heterocycles. The molecule has 1 aliphatic rings. The number of rotatable bonds is 2. The zero-order chi connectivity index (χ0) is 7.40. The molecule has 0 aromatic rings. The summed E-state index contributed by atoms with van der Waals surface area (Å²) < 4.78 is 23.6. The molecule has 5 nitrogen and oxygen atoms in total. The number of nitrogens with one attached hydrogen (secondary N) is 1. The first-order valence-electron chi connectivity index (χ1n) is 2.99. The fourth-order valence-corrected chi connectivity index (χ4v) is 1.17. The van der Waals surface area contributed by atoms with E-state index < -0.39 is 11.3 Å². The molecule has 1 saturated heterocycles. The zero-order valence-electron chi connectivity index (χ0n) is 5.45. The Morgan fingerprint density at radius 2 is 2.10 bits per heavy atom. The van der Waals surface area contributed by atoms with E-state index in [1.165, 1.54) is 0 Å². The zero-order valence-corrected chi connectivity index (χ0v) is 6.26. The van der Waals surface area contributed by atoms with Gasteiger partial charge >= 0.3 is 0 Å². The monoisotopic (exact) mass is 166 g/mol. The van der Waals surface area contributed by atoms with Crippen molar-refractivity contribution >= 4 is 11.3 Å². The molecule has 0 radical (unpaired) electrons. The fraction of sp³-hybridized carbons (Fsp3) is 1.00. The average molecular weight is 166 g/mol. The molecule has 1 aliphatic heterocycles. The lowest BCUT2D eigenvalue weighted by atomic mass is 10.5. The van der Waals surface area contributed by atoms with Crippen molar-refractivity contribution in [3.05, 3.63) is 0 Å². The van der Waals surface area contributed by atoms with Crippen LogP contribution in [0.1, 0.15) is 0 Å². The predicted molar refractivity (Wildman–Crippen MR) is 36.3 cm³/mol. The summed E-state index contributed by atoms with van der Waals surface area (Å²) in [5.41, 5.74) is 0. The number of nitrogens with zero attached hydrogens (tertiary/aromatic N) is 1. The molecule has 1 fully saturated rings. The minimum absolute atomic E-state index is 0.615. The van der Waals surface area contributed by atoms with Crippen LogP contribution in [-0.4, -0.2) is 40.1 Å². The van der Waals surface area contributed by atoms with Gasteiger partial charge in [-0.15, -0.1) is 4.83 Å². The quantitative estimate of drug-likeness (QED) is 0.514. The van der Waals surface area contributed by atoms with Gasteiger partial charge in [-0.2, -0.15) is 0 Å². The van der Waals surface area contributed by atoms with Crippen LogP contribution in [0.15, 0.2) is 0 Å². The lowest BCUT2D eigenvalue weighted by Crippen LogP contribution is -2.46. The van der Waals surface area contributed by atoms with Crippen LogP contribution < -0.4 is 4.83 Å². The Kier molecular flexibility index (Phi) is 3.23. The van der Waals surface area contributed by atoms with E-state index in [1.54, 1.807) is 5.01 Å². The lowest BCUT2D eigenvalue weighted by molar-refractivity contribution is 0.0270. The van der Waals surface area contributed by atoms with E-state index in [9.17, 15) is 4.21 Å². The molecule has 60 valence electrons. The third-order valence-electron chi connectivity index (χ3n) is 1.22. The van der Waals surface area contributed by atoms with E-state index in [4.69, 9.17) is 9.29 Å². The van der Waals surface area contributed by atoms with Gasteiger partial charge in [0, 0.05) is 13.1 Å². The smallest absolute Gasteiger partial charge is 0.246 e. The number of hydrazine groups is 1. The number of ether oxygens (including phenoxy) is 1. The maximum Gasteiger partial charge on any atom is 0.246 e. The summed E-state index contributed by atoms with van der Waals surface area (Å²) in [7, 11) is 0. The number of hydrogen-bond acceptors (Lipinski definition) is 3. The van der Waals surface area contributed by atoms with Crippen molar-refractivity contribution in [3.8, 4) is 0 Å². The van der Waals surface area contributed by atoms with E-state index in [0.29, 0.717) is 26.3 Å². The fourth-order valence-electron chi connectivity index (χ4n) is 0.765. The van der Waals surface area contributed by atoms with Gasteiger partial charge in [0.2, 0.25) is 11.3 Å². The Bertz CT molecular complexity index is 126. The molecule has 10 heavy (non-hydrogen) atoms. The van der Waals surface area contributed by atoms with Crippen molar-refractivity contribution < 1.29 is 13.5 Å². The molecule has 1 heterocycles. The molecule has 1 rings (SSSR count). The highest BCUT2D eigenvalue weighted by Crippen LogP contribution is 1.91. The molecular weight excluding hydrogens is 156 g/mol. The lowest BCUT2D eigenvalue weighted by Gasteiger charge is -2.24. The second kappa shape index (κ2) is 3.99. The van der Waals surface area contributed by atoms with Crippen molar-refractivity contribution in [1.29, 1.82) is 0 Å². The molecule has 6 heteroatoms. The second-order valence-corrected chi connectivity index (χ2v) is 2.62. The Labute approximate surface area is 61.7 Å². The van der Waals surface area contributed by atoms with Crippen LogP contribution >= 0.6 is 0 Å². The number of morpholine rings is 1. The first kappa shape index (κ1) is 8.09. The second-order valence-electron chi connectivity index (χ2n) is 1.94. The van der Waals surface area contributed by atoms with Crippen LogP contribution in [0.5, 0.6) is 0 Å². The van der Waals surface area contributed by atoms with Gasteiger partial charge in [-0.05, 0) is 0 Å². The number of hydrogen-bond donors (Lipinski definition) is 2. The molecule has 2 N–H and O–H groups in total. The van der Waals surface area contributed by atoms with Crippen LogP contribution in [0.3, 0.4) is 0 Å². The SMILES string of the molecule is O=S(O)NN1CCOCC1. The van der Waals surface area contributed by atoms with Gasteiger partial charge in [-0.3, -0.25) is 4.55 Å². The van der Waals surface area contributed by atoms with Crippen molar-refractivity contribution in [2.24, 2.45) is 0 Å². The summed E-state index contributed by atoms with van der Waals surface area (Å²) in [5.74, 6) is 0. The molecular formula is C4H10N2O3S. The minimum atomic E-state index is -1.94. The van der Waals surface area contributed by atoms with Gasteiger partial charge in [0.25, 0.3) is 0 Å². The largest absolute Gasteiger partial charge is 0.379 e. The van der Waals surface area contributed by atoms with Crippen molar-refractivity contribution in [3.63, 3.8) is 0 Å². The molecule has 0 spiro atoms. The van der Waals surface area contributed by atoms with E-state index in [-0.39, 0.29) is 0 Å². The molecule has 0 aromatic carbocycles. The molecule has 0 amide bonds. The summed E-state index contributed by atoms with van der Waals surface area (Å²) in [6.07, 6.45) is 0. The third kappa shape index (κ3) is 2.72. The normalized spacial score (nSPS) is 24.5. The summed E-state index contributed by atoms with van der Waals surface area (Å²) in [6.45, 7) is 2.55. The van der Waals surface area contributed by atoms with E-state index in [1.807, 2.05) is 0 Å². The first-order valence-corrected chi connectivity index (χ1v) is 4.09. The molecule has 0 aliphatic carbocycles. The maximum atomic E-state index is 10.2. The molecule has 1 unspecified atom stereocenters. The van der Waals surface area contributed by atoms with Crippen molar-refractivity contribution in [1.82, 2.24) is 9.84 Å². The molecule has 1 atom stereocenters. The standard InChI is InChI=1S/C4H10N2O3S/c7-10(8)5-6-1-3-9-4-2-6/h5H,1-4H2,(H,7,8). The van der Waals surface area contributed by atoms with Gasteiger partial charge in [0.15, 0.2) is 0 Å². The van der Waals surface area contributed by atoms with Crippen molar-refractivity contribution in [2.45, 2.75) is 0 Å². The average Bonchev–Trinajstić information content (AvgIpc) is 1.88. The Balaban J connectivity index is 2.19. The predicted octanol–water partition coefficient (Wildman–Crippen LogP) is -1.04. The highest BCUT2D eigenvalue weighted by Gasteiger charge is 2.10. The van der Waals surface area contributed by atoms with E-state index in [0.717, 1.165) is 0 Å². The Hall–Kier alpha value is -0.0100. The highest BCUT2D eigenvalue weighted by atomic mass is 32.2. The summed E-state index contributed by atoms with van der Waals surface area (Å²) in [4.78, 5) is 2.36. The highest BCUT2D eigenvalue weighted by molar-refractivity contribution is 7.77. The van der Waals surface area contributed by atoms with Crippen LogP contribution in [0.25, 0.3) is 0 Å². The van der Waals surface area contributed by atoms with Gasteiger partial charge in [-0.25, -0.2) is 9.22 Å². The Morgan fingerprint density at radius 1 is 1.50 bits per heavy atom. The summed E-state index contributed by atoms with van der Waals surface area (Å²) in [5, 5.41) is 1.67. The van der Waals surface area contributed by atoms with Gasteiger partial charge < -0.3 is 4.74 Å². The minimum Gasteiger partial charge on any atom is -0.379 e.